The number of hydrogen-bond acceptors (Lipinski definition) is 12. The maximum Gasteiger partial charge on any atom is 0.410 e. The number of rotatable bonds is 15. The number of piperazine rings is 1. The van der Waals surface area contributed by atoms with E-state index < -0.39 is 11.7 Å². The monoisotopic (exact) mass is 979 g/mol. The molecule has 2 fully saturated rings. The second kappa shape index (κ2) is 20.3. The van der Waals surface area contributed by atoms with Crippen LogP contribution in [0.3, 0.4) is 0 Å². The zero-order valence-electron chi connectivity index (χ0n) is 34.9. The first-order valence-electron chi connectivity index (χ1n) is 20.9. The van der Waals surface area contributed by atoms with Gasteiger partial charge in [0.15, 0.2) is 0 Å². The summed E-state index contributed by atoms with van der Waals surface area (Å²) in [6.45, 7) is 11.9. The van der Waals surface area contributed by atoms with Crippen molar-refractivity contribution < 1.29 is 28.5 Å². The van der Waals surface area contributed by atoms with Crippen LogP contribution in [0.2, 0.25) is 5.02 Å². The number of carbonyl (C=O) groups is 2. The second-order valence-electron chi connectivity index (χ2n) is 16.6. The van der Waals surface area contributed by atoms with Crippen LogP contribution in [0, 0.1) is 11.3 Å². The first-order valence-corrected chi connectivity index (χ1v) is 22.8. The Morgan fingerprint density at radius 2 is 1.77 bits per heavy atom. The van der Waals surface area contributed by atoms with Crippen molar-refractivity contribution in [2.75, 3.05) is 75.5 Å². The predicted molar refractivity (Wildman–Crippen MR) is 243 cm³/mol. The minimum atomic E-state index is -0.647. The van der Waals surface area contributed by atoms with Crippen molar-refractivity contribution in [3.8, 4) is 17.8 Å². The van der Waals surface area contributed by atoms with Gasteiger partial charge in [0.05, 0.1) is 51.3 Å². The predicted octanol–water partition coefficient (Wildman–Crippen LogP) is 8.85. The van der Waals surface area contributed by atoms with E-state index in [0.29, 0.717) is 90.3 Å². The number of benzene rings is 3. The third kappa shape index (κ3) is 11.1. The Hall–Kier alpha value is -4.20. The smallest absolute Gasteiger partial charge is 0.410 e. The summed E-state index contributed by atoms with van der Waals surface area (Å²) < 4.78 is 25.5. The number of nitriles is 1. The molecule has 0 bridgehead atoms. The van der Waals surface area contributed by atoms with Gasteiger partial charge in [0.25, 0.3) is 0 Å². The summed E-state index contributed by atoms with van der Waals surface area (Å²) >= 11 is 13.7. The molecule has 13 nitrogen and oxygen atoms in total. The summed E-state index contributed by atoms with van der Waals surface area (Å²) in [6, 6.07) is 18.1. The third-order valence-corrected chi connectivity index (χ3v) is 12.7. The Morgan fingerprint density at radius 3 is 2.52 bits per heavy atom. The average molecular weight is 982 g/mol. The summed E-state index contributed by atoms with van der Waals surface area (Å²) in [5, 5.41) is 12.6. The number of anilines is 2. The van der Waals surface area contributed by atoms with Crippen LogP contribution in [0.25, 0.3) is 10.8 Å². The van der Waals surface area contributed by atoms with Crippen LogP contribution >= 0.6 is 43.5 Å². The molecule has 4 aromatic rings. The van der Waals surface area contributed by atoms with E-state index in [1.165, 1.54) is 0 Å². The quantitative estimate of drug-likeness (QED) is 0.0833. The molecular weight excluding hydrogens is 930 g/mol. The van der Waals surface area contributed by atoms with Crippen molar-refractivity contribution in [2.24, 2.45) is 0 Å². The molecule has 0 spiro atoms. The number of likely N-dealkylation sites (tertiary alicyclic amines) is 1. The number of ether oxygens (including phenoxy) is 4. The zero-order chi connectivity index (χ0) is 43.1. The van der Waals surface area contributed by atoms with E-state index in [0.717, 1.165) is 78.7 Å². The zero-order valence-corrected chi connectivity index (χ0v) is 38.8. The second-order valence-corrected chi connectivity index (χ2v) is 18.7. The minimum Gasteiger partial charge on any atom is -0.489 e. The third-order valence-electron chi connectivity index (χ3n) is 11.2. The van der Waals surface area contributed by atoms with Crippen molar-refractivity contribution in [1.82, 2.24) is 19.8 Å². The van der Waals surface area contributed by atoms with Crippen LogP contribution in [0.5, 0.6) is 11.8 Å². The van der Waals surface area contributed by atoms with Gasteiger partial charge in [-0.3, -0.25) is 9.69 Å². The Kier molecular flexibility index (Phi) is 14.9. The highest BCUT2D eigenvalue weighted by atomic mass is 79.9. The molecule has 0 N–H and O–H groups in total. The molecule has 61 heavy (non-hydrogen) atoms. The topological polar surface area (TPSA) is 134 Å². The molecule has 3 aromatic carbocycles. The van der Waals surface area contributed by atoms with Gasteiger partial charge in [0, 0.05) is 67.6 Å². The maximum absolute atomic E-state index is 13.3. The van der Waals surface area contributed by atoms with Crippen molar-refractivity contribution >= 4 is 78.1 Å². The van der Waals surface area contributed by atoms with Gasteiger partial charge < -0.3 is 33.6 Å². The summed E-state index contributed by atoms with van der Waals surface area (Å²) in [4.78, 5) is 43.2. The summed E-state index contributed by atoms with van der Waals surface area (Å²) in [5.74, 6) is 1.43. The highest BCUT2D eigenvalue weighted by molar-refractivity contribution is 9.11. The van der Waals surface area contributed by atoms with Crippen molar-refractivity contribution in [2.45, 2.75) is 77.1 Å². The first kappa shape index (κ1) is 44.8. The maximum atomic E-state index is 13.3. The Labute approximate surface area is 379 Å². The fraction of sp³-hybridized carbons (Fsp3) is 0.489. The van der Waals surface area contributed by atoms with E-state index in [-0.39, 0.29) is 18.5 Å². The van der Waals surface area contributed by atoms with E-state index in [2.05, 4.69) is 76.9 Å². The normalized spacial score (nSPS) is 18.2. The lowest BCUT2D eigenvalue weighted by molar-refractivity contribution is 0.0144. The Balaban J connectivity index is 1.03. The van der Waals surface area contributed by atoms with Gasteiger partial charge >= 0.3 is 12.1 Å². The van der Waals surface area contributed by atoms with Crippen molar-refractivity contribution in [3.05, 3.63) is 79.3 Å². The van der Waals surface area contributed by atoms with Gasteiger partial charge in [0.2, 0.25) is 0 Å². The van der Waals surface area contributed by atoms with Crippen LogP contribution in [0.1, 0.15) is 68.1 Å². The highest BCUT2D eigenvalue weighted by Crippen LogP contribution is 2.38. The van der Waals surface area contributed by atoms with Crippen molar-refractivity contribution in [1.29, 1.82) is 5.26 Å². The molecule has 0 radical (unpaired) electrons. The number of aromatic nitrogens is 2. The summed E-state index contributed by atoms with van der Waals surface area (Å²) in [5.41, 5.74) is 2.91. The van der Waals surface area contributed by atoms with Gasteiger partial charge in [-0.1, -0.05) is 35.9 Å². The largest absolute Gasteiger partial charge is 0.489 e. The molecule has 324 valence electrons. The van der Waals surface area contributed by atoms with E-state index >= 15 is 0 Å². The first-order chi connectivity index (χ1) is 29.4. The van der Waals surface area contributed by atoms with Crippen LogP contribution in [0.4, 0.5) is 16.3 Å². The van der Waals surface area contributed by atoms with Crippen LogP contribution in [0.15, 0.2) is 57.5 Å². The summed E-state index contributed by atoms with van der Waals surface area (Å²) in [6.07, 6.45) is 4.22. The van der Waals surface area contributed by atoms with Crippen LogP contribution in [-0.2, 0) is 22.4 Å². The van der Waals surface area contributed by atoms with E-state index in [4.69, 9.17) is 40.5 Å². The molecule has 2 unspecified atom stereocenters. The van der Waals surface area contributed by atoms with Crippen LogP contribution in [-0.4, -0.2) is 116 Å². The van der Waals surface area contributed by atoms with E-state index in [1.807, 2.05) is 32.9 Å². The molecule has 7 rings (SSSR count). The van der Waals surface area contributed by atoms with Crippen LogP contribution < -0.4 is 19.3 Å². The Morgan fingerprint density at radius 1 is 0.984 bits per heavy atom. The number of fused-ring (bicyclic) bond motifs is 2. The highest BCUT2D eigenvalue weighted by Gasteiger charge is 2.36. The van der Waals surface area contributed by atoms with Crippen molar-refractivity contribution in [3.63, 3.8) is 0 Å². The minimum absolute atomic E-state index is 0.173. The molecule has 0 aliphatic carbocycles. The lowest BCUT2D eigenvalue weighted by Gasteiger charge is -2.42. The Bertz CT molecular complexity index is 2230. The lowest BCUT2D eigenvalue weighted by Crippen LogP contribution is -2.56. The van der Waals surface area contributed by atoms with Gasteiger partial charge in [-0.05, 0) is 115 Å². The SMILES string of the molecule is CC(C)(C)OC(=O)N1CCN(c2nc(OCC3CCCN3CCCOCCOc3c(Br)cc(C=O)cc3Br)nc3c2CCN(c2cccc4cccc(Cl)c24)C3)CC1CC#N. The molecule has 1 aromatic heterocycles. The molecular formula is C45H52Br2ClN7O6. The number of amides is 1. The molecule has 4 heterocycles. The van der Waals surface area contributed by atoms with E-state index in [1.54, 1.807) is 17.0 Å². The fourth-order valence-electron chi connectivity index (χ4n) is 8.36. The molecule has 2 atom stereocenters. The number of aldehydes is 1. The fourth-order valence-corrected chi connectivity index (χ4v) is 10.1. The molecule has 2 saturated heterocycles. The summed E-state index contributed by atoms with van der Waals surface area (Å²) in [7, 11) is 0. The molecule has 0 saturated carbocycles. The number of nitrogens with zero attached hydrogens (tertiary/aromatic N) is 7. The number of carbonyl (C=O) groups excluding carboxylic acids is 2. The number of hydrogen-bond donors (Lipinski definition) is 0. The molecule has 3 aliphatic rings. The van der Waals surface area contributed by atoms with Gasteiger partial charge in [-0.2, -0.15) is 15.2 Å². The van der Waals surface area contributed by atoms with Gasteiger partial charge in [-0.15, -0.1) is 0 Å². The average Bonchev–Trinajstić information content (AvgIpc) is 3.69. The number of halogens is 3. The molecule has 16 heteroatoms. The van der Waals surface area contributed by atoms with Gasteiger partial charge in [-0.25, -0.2) is 4.79 Å². The standard InChI is InChI=1S/C45H52Br2ClN7O6/c1-45(2,3)61-44(57)55-20-19-54(26-32(55)13-15-49)42-34-14-18-53(39-12-5-9-31-8-4-11-37(48)40(31)39)27-38(34)50-43(51-42)60-29-33-10-6-16-52(33)17-7-21-58-22-23-59-41-35(46)24-30(28-56)25-36(41)47/h4-5,8-9,11-12,24-25,28,32-33H,6-7,10,13-14,16-23,26-27,29H2,1-3H3. The van der Waals surface area contributed by atoms with E-state index in [9.17, 15) is 14.9 Å². The molecule has 1 amide bonds. The molecule has 3 aliphatic heterocycles. The van der Waals surface area contributed by atoms with Gasteiger partial charge in [0.1, 0.15) is 36.7 Å². The lowest BCUT2D eigenvalue weighted by atomic mass is 10.0.